The van der Waals surface area contributed by atoms with Gasteiger partial charge in [-0.2, -0.15) is 0 Å². The van der Waals surface area contributed by atoms with Crippen LogP contribution in [-0.4, -0.2) is 24.0 Å². The molecule has 0 unspecified atom stereocenters. The molecule has 0 saturated heterocycles. The summed E-state index contributed by atoms with van der Waals surface area (Å²) in [5, 5.41) is 4.85. The summed E-state index contributed by atoms with van der Waals surface area (Å²) in [6, 6.07) is 11.0. The van der Waals surface area contributed by atoms with Crippen LogP contribution in [0, 0.1) is 0 Å². The number of hydrogen-bond donors (Lipinski definition) is 2. The molecule has 0 fully saturated rings. The van der Waals surface area contributed by atoms with Crippen molar-refractivity contribution in [3.05, 3.63) is 54.1 Å². The van der Waals surface area contributed by atoms with Crippen LogP contribution in [0.25, 0.3) is 0 Å². The number of anilines is 2. The zero-order chi connectivity index (χ0) is 20.9. The molecule has 0 aromatic heterocycles. The molecule has 2 aromatic rings. The maximum absolute atomic E-state index is 12.5. The fourth-order valence-corrected chi connectivity index (χ4v) is 2.14. The molecule has 2 aromatic carbocycles. The van der Waals surface area contributed by atoms with Gasteiger partial charge in [-0.1, -0.05) is 18.2 Å². The van der Waals surface area contributed by atoms with Crippen LogP contribution in [-0.2, 0) is 4.74 Å². The van der Waals surface area contributed by atoms with Crippen molar-refractivity contribution in [2.75, 3.05) is 10.6 Å². The maximum atomic E-state index is 12.5. The van der Waals surface area contributed by atoms with Crippen LogP contribution in [0.2, 0.25) is 0 Å². The summed E-state index contributed by atoms with van der Waals surface area (Å²) in [5.41, 5.74) is -0.422. The number of benzene rings is 2. The predicted molar refractivity (Wildman–Crippen MR) is 97.4 cm³/mol. The zero-order valence-corrected chi connectivity index (χ0v) is 15.4. The third kappa shape index (κ3) is 6.82. The van der Waals surface area contributed by atoms with E-state index >= 15 is 0 Å². The van der Waals surface area contributed by atoms with Gasteiger partial charge in [0, 0.05) is 11.3 Å². The highest BCUT2D eigenvalue weighted by Gasteiger charge is 2.32. The number of rotatable bonds is 4. The number of halogens is 3. The Kier molecular flexibility index (Phi) is 6.17. The van der Waals surface area contributed by atoms with Gasteiger partial charge in [0.25, 0.3) is 5.91 Å². The summed E-state index contributed by atoms with van der Waals surface area (Å²) >= 11 is 0. The molecule has 2 N–H and O–H groups in total. The molecule has 0 aliphatic carbocycles. The van der Waals surface area contributed by atoms with Crippen molar-refractivity contribution < 1.29 is 32.2 Å². The monoisotopic (exact) mass is 396 g/mol. The molecular formula is C19H19F3N2O4. The van der Waals surface area contributed by atoms with Crippen molar-refractivity contribution >= 4 is 23.4 Å². The Bertz CT molecular complexity index is 861. The fraction of sp³-hybridized carbons (Fsp3) is 0.263. The number of amides is 2. The zero-order valence-electron chi connectivity index (χ0n) is 15.4. The molecule has 0 radical (unpaired) electrons. The van der Waals surface area contributed by atoms with Crippen LogP contribution in [0.1, 0.15) is 31.1 Å². The Morgan fingerprint density at radius 1 is 0.929 bits per heavy atom. The number of carbonyl (C=O) groups excluding carboxylic acids is 2. The van der Waals surface area contributed by atoms with Crippen LogP contribution in [0.3, 0.4) is 0 Å². The SMILES string of the molecule is CC(C)(C)OC(=O)Nc1cccc(C(=O)Nc2ccccc2OC(F)(F)F)c1. The van der Waals surface area contributed by atoms with Gasteiger partial charge in [-0.05, 0) is 51.1 Å². The van der Waals surface area contributed by atoms with Crippen LogP contribution >= 0.6 is 0 Å². The standard InChI is InChI=1S/C19H19F3N2O4/c1-18(2,3)28-17(26)23-13-8-6-7-12(11-13)16(25)24-14-9-4-5-10-15(14)27-19(20,21)22/h4-11H,1-3H3,(H,23,26)(H,24,25). The van der Waals surface area contributed by atoms with E-state index in [1.807, 2.05) is 0 Å². The van der Waals surface area contributed by atoms with Crippen LogP contribution in [0.4, 0.5) is 29.3 Å². The van der Waals surface area contributed by atoms with Gasteiger partial charge in [-0.25, -0.2) is 4.79 Å². The third-order valence-electron chi connectivity index (χ3n) is 3.13. The lowest BCUT2D eigenvalue weighted by Crippen LogP contribution is -2.27. The highest BCUT2D eigenvalue weighted by molar-refractivity contribution is 6.05. The van der Waals surface area contributed by atoms with Crippen molar-refractivity contribution in [3.63, 3.8) is 0 Å². The molecule has 6 nitrogen and oxygen atoms in total. The molecular weight excluding hydrogens is 377 g/mol. The Hall–Kier alpha value is -3.23. The van der Waals surface area contributed by atoms with Gasteiger partial charge in [0.05, 0.1) is 5.69 Å². The smallest absolute Gasteiger partial charge is 0.444 e. The largest absolute Gasteiger partial charge is 0.573 e. The molecule has 0 aliphatic heterocycles. The number of ether oxygens (including phenoxy) is 2. The molecule has 2 rings (SSSR count). The maximum Gasteiger partial charge on any atom is 0.573 e. The number of alkyl halides is 3. The average Bonchev–Trinajstić information content (AvgIpc) is 2.53. The molecule has 0 saturated carbocycles. The van der Waals surface area contributed by atoms with E-state index in [1.165, 1.54) is 36.4 Å². The third-order valence-corrected chi connectivity index (χ3v) is 3.13. The second-order valence-corrected chi connectivity index (χ2v) is 6.71. The minimum Gasteiger partial charge on any atom is -0.444 e. The molecule has 0 atom stereocenters. The van der Waals surface area contributed by atoms with Gasteiger partial charge in [0.2, 0.25) is 0 Å². The first-order chi connectivity index (χ1) is 12.9. The van der Waals surface area contributed by atoms with Crippen molar-refractivity contribution in [3.8, 4) is 5.75 Å². The van der Waals surface area contributed by atoms with Crippen molar-refractivity contribution in [1.82, 2.24) is 0 Å². The molecule has 0 heterocycles. The molecule has 28 heavy (non-hydrogen) atoms. The normalized spacial score (nSPS) is 11.5. The van der Waals surface area contributed by atoms with E-state index in [2.05, 4.69) is 15.4 Å². The van der Waals surface area contributed by atoms with Crippen LogP contribution in [0.5, 0.6) is 5.75 Å². The van der Waals surface area contributed by atoms with E-state index in [0.29, 0.717) is 5.69 Å². The van der Waals surface area contributed by atoms with E-state index in [-0.39, 0.29) is 11.3 Å². The average molecular weight is 396 g/mol. The summed E-state index contributed by atoms with van der Waals surface area (Å²) < 4.78 is 46.5. The summed E-state index contributed by atoms with van der Waals surface area (Å²) in [6.07, 6.45) is -5.59. The van der Waals surface area contributed by atoms with Gasteiger partial charge in [0.1, 0.15) is 5.60 Å². The Balaban J connectivity index is 2.13. The number of para-hydroxylation sites is 2. The van der Waals surface area contributed by atoms with Gasteiger partial charge in [-0.15, -0.1) is 13.2 Å². The van der Waals surface area contributed by atoms with Crippen molar-refractivity contribution in [1.29, 1.82) is 0 Å². The summed E-state index contributed by atoms with van der Waals surface area (Å²) in [5.74, 6) is -1.21. The Morgan fingerprint density at radius 3 is 2.25 bits per heavy atom. The lowest BCUT2D eigenvalue weighted by Gasteiger charge is -2.19. The second kappa shape index (κ2) is 8.20. The van der Waals surface area contributed by atoms with E-state index in [1.54, 1.807) is 26.8 Å². The minimum atomic E-state index is -4.89. The van der Waals surface area contributed by atoms with Gasteiger partial charge < -0.3 is 14.8 Å². The summed E-state index contributed by atoms with van der Waals surface area (Å²) in [7, 11) is 0. The molecule has 9 heteroatoms. The number of carbonyl (C=O) groups is 2. The highest BCUT2D eigenvalue weighted by Crippen LogP contribution is 2.30. The first-order valence-electron chi connectivity index (χ1n) is 8.19. The number of nitrogens with one attached hydrogen (secondary N) is 2. The van der Waals surface area contributed by atoms with Gasteiger partial charge in [-0.3, -0.25) is 10.1 Å². The van der Waals surface area contributed by atoms with Crippen LogP contribution < -0.4 is 15.4 Å². The van der Waals surface area contributed by atoms with E-state index in [9.17, 15) is 22.8 Å². The van der Waals surface area contributed by atoms with Crippen LogP contribution in [0.15, 0.2) is 48.5 Å². The molecule has 150 valence electrons. The van der Waals surface area contributed by atoms with E-state index in [0.717, 1.165) is 6.07 Å². The first-order valence-corrected chi connectivity index (χ1v) is 8.19. The second-order valence-electron chi connectivity index (χ2n) is 6.71. The Morgan fingerprint density at radius 2 is 1.61 bits per heavy atom. The topological polar surface area (TPSA) is 76.7 Å². The first kappa shape index (κ1) is 21.1. The van der Waals surface area contributed by atoms with Crippen molar-refractivity contribution in [2.45, 2.75) is 32.7 Å². The lowest BCUT2D eigenvalue weighted by atomic mass is 10.1. The van der Waals surface area contributed by atoms with E-state index in [4.69, 9.17) is 4.74 Å². The Labute approximate surface area is 159 Å². The summed E-state index contributed by atoms with van der Waals surface area (Å²) in [4.78, 5) is 24.2. The highest BCUT2D eigenvalue weighted by atomic mass is 19.4. The number of hydrogen-bond acceptors (Lipinski definition) is 4. The van der Waals surface area contributed by atoms with Gasteiger partial charge in [0.15, 0.2) is 5.75 Å². The minimum absolute atomic E-state index is 0.121. The lowest BCUT2D eigenvalue weighted by molar-refractivity contribution is -0.274. The van der Waals surface area contributed by atoms with Gasteiger partial charge >= 0.3 is 12.5 Å². The van der Waals surface area contributed by atoms with E-state index < -0.39 is 29.7 Å². The predicted octanol–water partition coefficient (Wildman–Crippen LogP) is 5.18. The summed E-state index contributed by atoms with van der Waals surface area (Å²) in [6.45, 7) is 5.12. The molecule has 0 aliphatic rings. The molecule has 0 bridgehead atoms. The quantitative estimate of drug-likeness (QED) is 0.746. The fourth-order valence-electron chi connectivity index (χ4n) is 2.14. The molecule has 0 spiro atoms. The molecule has 2 amide bonds. The van der Waals surface area contributed by atoms with Crippen molar-refractivity contribution in [2.24, 2.45) is 0 Å².